The Kier molecular flexibility index (Phi) is 7.33. The van der Waals surface area contributed by atoms with Gasteiger partial charge in [-0.25, -0.2) is 4.39 Å². The second-order valence-corrected chi connectivity index (χ2v) is 6.30. The zero-order chi connectivity index (χ0) is 18.9. The van der Waals surface area contributed by atoms with Gasteiger partial charge in [-0.15, -0.1) is 0 Å². The molecule has 2 rings (SSSR count). The van der Waals surface area contributed by atoms with Gasteiger partial charge in [0, 0.05) is 18.7 Å². The number of hydrogen-bond acceptors (Lipinski definition) is 2. The van der Waals surface area contributed by atoms with Crippen LogP contribution in [0.3, 0.4) is 0 Å². The van der Waals surface area contributed by atoms with Gasteiger partial charge in [0.25, 0.3) is 0 Å². The molecule has 0 fully saturated rings. The quantitative estimate of drug-likeness (QED) is 0.779. The minimum absolute atomic E-state index is 0.0322. The molecule has 4 nitrogen and oxygen atoms in total. The third-order valence-corrected chi connectivity index (χ3v) is 4.14. The van der Waals surface area contributed by atoms with E-state index in [4.69, 9.17) is 0 Å². The number of hydrogen-bond donors (Lipinski definition) is 1. The van der Waals surface area contributed by atoms with Gasteiger partial charge in [-0.2, -0.15) is 0 Å². The van der Waals surface area contributed by atoms with Crippen LogP contribution in [0.2, 0.25) is 0 Å². The number of nitrogens with zero attached hydrogens (tertiary/aromatic N) is 1. The molecule has 0 saturated heterocycles. The van der Waals surface area contributed by atoms with Crippen molar-refractivity contribution in [2.75, 3.05) is 18.4 Å². The zero-order valence-electron chi connectivity index (χ0n) is 15.3. The second-order valence-electron chi connectivity index (χ2n) is 6.30. The lowest BCUT2D eigenvalue weighted by atomic mass is 10.1. The lowest BCUT2D eigenvalue weighted by Gasteiger charge is -2.22. The normalized spacial score (nSPS) is 10.4. The first-order valence-electron chi connectivity index (χ1n) is 8.87. The number of anilines is 1. The first-order chi connectivity index (χ1) is 12.5. The molecule has 5 heteroatoms. The molecule has 2 aromatic carbocycles. The average molecular weight is 356 g/mol. The fraction of sp³-hybridized carbons (Fsp3) is 0.333. The standard InChI is InChI=1S/C21H25FN2O2/c1-3-14-24(15-20(25)23-19-7-5-4-6-16(19)2)21(26)13-10-17-8-11-18(22)12-9-17/h4-9,11-12H,3,10,13-15H2,1-2H3,(H,23,25). The molecule has 0 radical (unpaired) electrons. The molecule has 0 aliphatic heterocycles. The molecule has 2 amide bonds. The molecular weight excluding hydrogens is 331 g/mol. The number of benzene rings is 2. The molecule has 1 N–H and O–H groups in total. The topological polar surface area (TPSA) is 49.4 Å². The van der Waals surface area contributed by atoms with Gasteiger partial charge in [0.1, 0.15) is 5.82 Å². The molecule has 0 saturated carbocycles. The van der Waals surface area contributed by atoms with E-state index in [1.165, 1.54) is 12.1 Å². The van der Waals surface area contributed by atoms with E-state index in [2.05, 4.69) is 5.32 Å². The number of rotatable bonds is 8. The summed E-state index contributed by atoms with van der Waals surface area (Å²) in [5.74, 6) is -0.570. The predicted molar refractivity (Wildman–Crippen MR) is 101 cm³/mol. The van der Waals surface area contributed by atoms with Crippen LogP contribution in [0.5, 0.6) is 0 Å². The third kappa shape index (κ3) is 5.99. The molecule has 2 aromatic rings. The number of halogens is 1. The molecule has 0 heterocycles. The van der Waals surface area contributed by atoms with Crippen molar-refractivity contribution in [2.45, 2.75) is 33.1 Å². The van der Waals surface area contributed by atoms with Crippen LogP contribution in [0.1, 0.15) is 30.9 Å². The summed E-state index contributed by atoms with van der Waals surface area (Å²) < 4.78 is 12.9. The number of para-hydroxylation sites is 1. The summed E-state index contributed by atoms with van der Waals surface area (Å²) in [5.41, 5.74) is 2.64. The van der Waals surface area contributed by atoms with E-state index < -0.39 is 0 Å². The maximum Gasteiger partial charge on any atom is 0.244 e. The lowest BCUT2D eigenvalue weighted by molar-refractivity contribution is -0.134. The van der Waals surface area contributed by atoms with E-state index in [1.807, 2.05) is 38.1 Å². The van der Waals surface area contributed by atoms with E-state index >= 15 is 0 Å². The van der Waals surface area contributed by atoms with E-state index in [1.54, 1.807) is 17.0 Å². The molecule has 26 heavy (non-hydrogen) atoms. The van der Waals surface area contributed by atoms with Gasteiger partial charge < -0.3 is 10.2 Å². The van der Waals surface area contributed by atoms with Crippen molar-refractivity contribution in [3.63, 3.8) is 0 Å². The minimum Gasteiger partial charge on any atom is -0.333 e. The van der Waals surface area contributed by atoms with Gasteiger partial charge in [-0.3, -0.25) is 9.59 Å². The van der Waals surface area contributed by atoms with Crippen LogP contribution in [-0.2, 0) is 16.0 Å². The highest BCUT2D eigenvalue weighted by Gasteiger charge is 2.17. The van der Waals surface area contributed by atoms with Gasteiger partial charge in [0.2, 0.25) is 11.8 Å². The summed E-state index contributed by atoms with van der Waals surface area (Å²) in [5, 5.41) is 2.86. The van der Waals surface area contributed by atoms with E-state index in [-0.39, 0.29) is 24.2 Å². The predicted octanol–water partition coefficient (Wildman–Crippen LogP) is 3.94. The van der Waals surface area contributed by atoms with E-state index in [9.17, 15) is 14.0 Å². The Morgan fingerprint density at radius 3 is 2.42 bits per heavy atom. The Balaban J connectivity index is 1.91. The monoisotopic (exact) mass is 356 g/mol. The van der Waals surface area contributed by atoms with Gasteiger partial charge in [0.15, 0.2) is 0 Å². The smallest absolute Gasteiger partial charge is 0.244 e. The highest BCUT2D eigenvalue weighted by molar-refractivity contribution is 5.95. The van der Waals surface area contributed by atoms with Crippen molar-refractivity contribution in [3.05, 3.63) is 65.5 Å². The van der Waals surface area contributed by atoms with Gasteiger partial charge in [0.05, 0.1) is 6.54 Å². The van der Waals surface area contributed by atoms with Crippen molar-refractivity contribution in [2.24, 2.45) is 0 Å². The summed E-state index contributed by atoms with van der Waals surface area (Å²) in [6.45, 7) is 4.46. The molecule has 138 valence electrons. The molecule has 0 aromatic heterocycles. The molecule has 0 spiro atoms. The van der Waals surface area contributed by atoms with Crippen molar-refractivity contribution in [1.82, 2.24) is 4.90 Å². The number of nitrogens with one attached hydrogen (secondary N) is 1. The van der Waals surface area contributed by atoms with Crippen LogP contribution in [0, 0.1) is 12.7 Å². The molecular formula is C21H25FN2O2. The van der Waals surface area contributed by atoms with Crippen molar-refractivity contribution in [1.29, 1.82) is 0 Å². The van der Waals surface area contributed by atoms with Gasteiger partial charge in [-0.1, -0.05) is 37.3 Å². The average Bonchev–Trinajstić information content (AvgIpc) is 2.62. The number of amides is 2. The fourth-order valence-electron chi connectivity index (χ4n) is 2.70. The Bertz CT molecular complexity index is 744. The number of aryl methyl sites for hydroxylation is 2. The minimum atomic E-state index is -0.291. The van der Waals surface area contributed by atoms with E-state index in [0.717, 1.165) is 23.2 Å². The number of carbonyl (C=O) groups is 2. The van der Waals surface area contributed by atoms with Crippen LogP contribution in [0.25, 0.3) is 0 Å². The van der Waals surface area contributed by atoms with Crippen molar-refractivity contribution < 1.29 is 14.0 Å². The Labute approximate surface area is 154 Å². The zero-order valence-corrected chi connectivity index (χ0v) is 15.3. The summed E-state index contributed by atoms with van der Waals surface area (Å²) in [7, 11) is 0. The maximum absolute atomic E-state index is 12.9. The Morgan fingerprint density at radius 2 is 1.77 bits per heavy atom. The third-order valence-electron chi connectivity index (χ3n) is 4.14. The summed E-state index contributed by atoms with van der Waals surface area (Å²) in [6, 6.07) is 13.7. The van der Waals surface area contributed by atoms with E-state index in [0.29, 0.717) is 19.4 Å². The van der Waals surface area contributed by atoms with Crippen LogP contribution in [0.15, 0.2) is 48.5 Å². The first kappa shape index (κ1) is 19.6. The van der Waals surface area contributed by atoms with Crippen LogP contribution in [0.4, 0.5) is 10.1 Å². The fourth-order valence-corrected chi connectivity index (χ4v) is 2.70. The second kappa shape index (κ2) is 9.70. The molecule has 0 aliphatic carbocycles. The summed E-state index contributed by atoms with van der Waals surface area (Å²) in [4.78, 5) is 26.4. The molecule has 0 unspecified atom stereocenters. The SMILES string of the molecule is CCCN(CC(=O)Nc1ccccc1C)C(=O)CCc1ccc(F)cc1. The maximum atomic E-state index is 12.9. The van der Waals surface area contributed by atoms with Crippen molar-refractivity contribution in [3.8, 4) is 0 Å². The lowest BCUT2D eigenvalue weighted by Crippen LogP contribution is -2.38. The number of carbonyl (C=O) groups excluding carboxylic acids is 2. The Hall–Kier alpha value is -2.69. The van der Waals surface area contributed by atoms with Crippen LogP contribution < -0.4 is 5.32 Å². The van der Waals surface area contributed by atoms with Crippen LogP contribution >= 0.6 is 0 Å². The highest BCUT2D eigenvalue weighted by Crippen LogP contribution is 2.13. The Morgan fingerprint density at radius 1 is 1.08 bits per heavy atom. The summed E-state index contributed by atoms with van der Waals surface area (Å²) in [6.07, 6.45) is 1.60. The summed E-state index contributed by atoms with van der Waals surface area (Å²) >= 11 is 0. The largest absolute Gasteiger partial charge is 0.333 e. The van der Waals surface area contributed by atoms with Gasteiger partial charge in [-0.05, 0) is 49.1 Å². The molecule has 0 aliphatic rings. The van der Waals surface area contributed by atoms with Crippen molar-refractivity contribution >= 4 is 17.5 Å². The highest BCUT2D eigenvalue weighted by atomic mass is 19.1. The molecule has 0 atom stereocenters. The molecule has 0 bridgehead atoms. The first-order valence-corrected chi connectivity index (χ1v) is 8.87. The van der Waals surface area contributed by atoms with Crippen LogP contribution in [-0.4, -0.2) is 29.8 Å². The van der Waals surface area contributed by atoms with Gasteiger partial charge >= 0.3 is 0 Å².